The molecular formula is C65H94F2N10O8. The zero-order valence-electron chi connectivity index (χ0n) is 52.2. The van der Waals surface area contributed by atoms with Crippen LogP contribution < -0.4 is 41.0 Å². The molecule has 4 N–H and O–H groups in total. The average molecular weight is 1180 g/mol. The van der Waals surface area contributed by atoms with Gasteiger partial charge in [-0.1, -0.05) is 58.0 Å². The Kier molecular flexibility index (Phi) is 26.3. The lowest BCUT2D eigenvalue weighted by Crippen LogP contribution is -2.52. The highest BCUT2D eigenvalue weighted by atomic mass is 19.1. The lowest BCUT2D eigenvalue weighted by molar-refractivity contribution is -0.120. The number of hydrogen-bond acceptors (Lipinski definition) is 15. The van der Waals surface area contributed by atoms with Gasteiger partial charge in [-0.2, -0.15) is 0 Å². The number of morpholine rings is 2. The molecular weight excluding hydrogens is 1090 g/mol. The van der Waals surface area contributed by atoms with Crippen LogP contribution in [-0.4, -0.2) is 207 Å². The van der Waals surface area contributed by atoms with Crippen molar-refractivity contribution in [1.82, 2.24) is 40.2 Å². The molecule has 20 heteroatoms. The molecule has 0 radical (unpaired) electrons. The molecule has 6 aliphatic heterocycles. The Morgan fingerprint density at radius 3 is 1.49 bits per heavy atom. The fourth-order valence-corrected chi connectivity index (χ4v) is 10.9. The number of carbonyl (C=O) groups excluding carboxylic acids is 2. The number of amides is 1. The Morgan fingerprint density at radius 1 is 0.624 bits per heavy atom. The van der Waals surface area contributed by atoms with Crippen LogP contribution in [0.25, 0.3) is 0 Å². The molecule has 4 saturated heterocycles. The van der Waals surface area contributed by atoms with Crippen molar-refractivity contribution in [2.24, 2.45) is 0 Å². The highest BCUT2D eigenvalue weighted by molar-refractivity contribution is 5.97. The molecule has 0 bridgehead atoms. The molecule has 2 unspecified atom stereocenters. The predicted octanol–water partition coefficient (Wildman–Crippen LogP) is 5.93. The lowest BCUT2D eigenvalue weighted by atomic mass is 9.91. The predicted molar refractivity (Wildman–Crippen MR) is 334 cm³/mol. The maximum atomic E-state index is 13.2. The number of ether oxygens (including phenoxy) is 4. The molecule has 8 heterocycles. The van der Waals surface area contributed by atoms with E-state index in [0.29, 0.717) is 55.7 Å². The topological polar surface area (TPSA) is 180 Å². The summed E-state index contributed by atoms with van der Waals surface area (Å²) in [4.78, 5) is 67.2. The smallest absolute Gasteiger partial charge is 0.251 e. The van der Waals surface area contributed by atoms with Crippen molar-refractivity contribution in [3.63, 3.8) is 0 Å². The molecule has 11 rings (SSSR count). The third kappa shape index (κ3) is 21.2. The van der Waals surface area contributed by atoms with Gasteiger partial charge in [0.05, 0.1) is 65.1 Å². The third-order valence-electron chi connectivity index (χ3n) is 15.7. The SMILES string of the molecule is CC1CN(CC(=O)N2CC(C)(C)c3[nH]c(=O)c(Cc4ccc(F)cc4)cc32)CCN1.CC1CN(CC=O)CCN1.CN1CC(C)(C)c2[nH]c(=O)c(Cc3ccc(F)cc3)cc21.CN1CCOCC1.CN1CCOCC1.COc1cccc(OC)c1. The molecule has 2 atom stereocenters. The Hall–Kier alpha value is -6.36. The van der Waals surface area contributed by atoms with Crippen molar-refractivity contribution in [1.29, 1.82) is 0 Å². The van der Waals surface area contributed by atoms with E-state index in [4.69, 9.17) is 18.9 Å². The van der Waals surface area contributed by atoms with Gasteiger partial charge in [0.2, 0.25) is 5.91 Å². The zero-order chi connectivity index (χ0) is 61.7. The molecule has 2 aromatic heterocycles. The number of anilines is 2. The van der Waals surface area contributed by atoms with E-state index >= 15 is 0 Å². The van der Waals surface area contributed by atoms with Crippen LogP contribution in [0, 0.1) is 11.6 Å². The van der Waals surface area contributed by atoms with Gasteiger partial charge in [0.25, 0.3) is 11.1 Å². The first-order valence-electron chi connectivity index (χ1n) is 29.7. The number of halogens is 2. The first kappa shape index (κ1) is 67.8. The van der Waals surface area contributed by atoms with E-state index in [-0.39, 0.29) is 39.5 Å². The number of fused-ring (bicyclic) bond motifs is 2. The summed E-state index contributed by atoms with van der Waals surface area (Å²) in [7, 11) is 9.53. The Morgan fingerprint density at radius 2 is 1.06 bits per heavy atom. The van der Waals surface area contributed by atoms with Gasteiger partial charge in [0, 0.05) is 150 Å². The van der Waals surface area contributed by atoms with E-state index in [1.807, 2.05) is 62.2 Å². The second-order valence-electron chi connectivity index (χ2n) is 24.1. The van der Waals surface area contributed by atoms with Crippen molar-refractivity contribution in [3.8, 4) is 11.5 Å². The number of aromatic amines is 2. The number of H-pyrrole nitrogens is 2. The maximum Gasteiger partial charge on any atom is 0.251 e. The van der Waals surface area contributed by atoms with Gasteiger partial charge in [0.1, 0.15) is 29.4 Å². The molecule has 0 saturated carbocycles. The second kappa shape index (κ2) is 33.0. The van der Waals surface area contributed by atoms with Gasteiger partial charge in [-0.3, -0.25) is 24.2 Å². The van der Waals surface area contributed by atoms with Crippen LogP contribution in [0.15, 0.2) is 94.5 Å². The molecule has 4 fully saturated rings. The van der Waals surface area contributed by atoms with Crippen LogP contribution in [0.3, 0.4) is 0 Å². The van der Waals surface area contributed by atoms with E-state index in [0.717, 1.165) is 150 Å². The number of rotatable bonds is 10. The third-order valence-corrected chi connectivity index (χ3v) is 15.7. The van der Waals surface area contributed by atoms with Crippen LogP contribution in [0.1, 0.15) is 75.2 Å². The monoisotopic (exact) mass is 1180 g/mol. The summed E-state index contributed by atoms with van der Waals surface area (Å²) in [5, 5.41) is 6.71. The molecule has 0 spiro atoms. The number of benzene rings is 3. The van der Waals surface area contributed by atoms with E-state index in [1.54, 1.807) is 38.5 Å². The van der Waals surface area contributed by atoms with Gasteiger partial charge in [0.15, 0.2) is 0 Å². The molecule has 466 valence electrons. The standard InChI is InChI=1S/C23H29FN4O2.C17H19FN2O.C8H10O2.C7H14N2O.2C5H11NO/c1-15-12-27(9-8-25-15)13-20(29)28-14-23(2,3)21-19(28)11-17(22(30)26-21)10-16-4-6-18(24)7-5-16;1-17(2)10-20(3)14-9-12(16(21)19-15(14)17)8-11-4-6-13(18)7-5-11;1-9-7-4-3-5-8(6-7)10-2;1-7-6-9(4-5-10)3-2-8-7;2*1-6-2-4-7-5-3-6/h4-7,11,15,25H,8-10,12-14H2,1-3H3,(H,26,30);4-7,9H,8,10H2,1-3H3,(H,19,21);3-6H,1-2H3;5,7-8H,2-4,6H2,1H3;2*2-5H2,1H3. The normalized spacial score (nSPS) is 19.9. The average Bonchev–Trinajstić information content (AvgIpc) is 2.10. The Labute approximate surface area is 502 Å². The van der Waals surface area contributed by atoms with Crippen LogP contribution in [0.2, 0.25) is 0 Å². The minimum atomic E-state index is -0.324. The number of aldehydes is 1. The van der Waals surface area contributed by atoms with Crippen LogP contribution in [0.5, 0.6) is 11.5 Å². The number of nitrogens with one attached hydrogen (secondary N) is 4. The number of pyridine rings is 2. The molecule has 18 nitrogen and oxygen atoms in total. The lowest BCUT2D eigenvalue weighted by Gasteiger charge is -2.32. The van der Waals surface area contributed by atoms with Crippen LogP contribution >= 0.6 is 0 Å². The summed E-state index contributed by atoms with van der Waals surface area (Å²) < 4.78 is 46.3. The van der Waals surface area contributed by atoms with Crippen molar-refractivity contribution in [3.05, 3.63) is 151 Å². The van der Waals surface area contributed by atoms with Crippen LogP contribution in [-0.2, 0) is 42.7 Å². The quantitative estimate of drug-likeness (QED) is 0.121. The molecule has 0 aliphatic carbocycles. The highest BCUT2D eigenvalue weighted by Crippen LogP contribution is 2.40. The number of methoxy groups -OCH3 is 2. The largest absolute Gasteiger partial charge is 0.497 e. The zero-order valence-corrected chi connectivity index (χ0v) is 52.2. The van der Waals surface area contributed by atoms with Gasteiger partial charge < -0.3 is 63.9 Å². The van der Waals surface area contributed by atoms with Crippen LogP contribution in [0.4, 0.5) is 20.2 Å². The number of likely N-dealkylation sites (N-methyl/N-ethyl adjacent to an activating group) is 3. The van der Waals surface area contributed by atoms with E-state index in [2.05, 4.69) is 86.9 Å². The van der Waals surface area contributed by atoms with Crippen molar-refractivity contribution in [2.75, 3.05) is 163 Å². The van der Waals surface area contributed by atoms with Gasteiger partial charge in [-0.05, 0) is 87.6 Å². The minimum Gasteiger partial charge on any atom is -0.497 e. The van der Waals surface area contributed by atoms with E-state index < -0.39 is 0 Å². The summed E-state index contributed by atoms with van der Waals surface area (Å²) in [5.74, 6) is 1.12. The molecule has 85 heavy (non-hydrogen) atoms. The summed E-state index contributed by atoms with van der Waals surface area (Å²) in [5.41, 5.74) is 6.16. The summed E-state index contributed by atoms with van der Waals surface area (Å²) in [6.07, 6.45) is 1.87. The molecule has 3 aromatic carbocycles. The maximum absolute atomic E-state index is 13.2. The molecule has 5 aromatic rings. The summed E-state index contributed by atoms with van der Waals surface area (Å²) in [6, 6.07) is 24.6. The first-order valence-corrected chi connectivity index (χ1v) is 29.7. The minimum absolute atomic E-state index is 0.0440. The number of piperazine rings is 2. The van der Waals surface area contributed by atoms with Gasteiger partial charge in [-0.15, -0.1) is 0 Å². The van der Waals surface area contributed by atoms with Crippen molar-refractivity contribution in [2.45, 2.75) is 77.3 Å². The van der Waals surface area contributed by atoms with Crippen molar-refractivity contribution < 1.29 is 37.3 Å². The molecule has 6 aliphatic rings. The second-order valence-corrected chi connectivity index (χ2v) is 24.1. The number of aromatic nitrogens is 2. The van der Waals surface area contributed by atoms with Gasteiger partial charge >= 0.3 is 0 Å². The number of nitrogens with zero attached hydrogens (tertiary/aromatic N) is 6. The summed E-state index contributed by atoms with van der Waals surface area (Å²) in [6.45, 7) is 28.6. The summed E-state index contributed by atoms with van der Waals surface area (Å²) >= 11 is 0. The Balaban J connectivity index is 0.000000181. The fourth-order valence-electron chi connectivity index (χ4n) is 10.9. The van der Waals surface area contributed by atoms with E-state index in [9.17, 15) is 28.0 Å². The number of hydrogen-bond donors (Lipinski definition) is 4. The number of carbonyl (C=O) groups is 2. The Bertz CT molecular complexity index is 2950. The van der Waals surface area contributed by atoms with Gasteiger partial charge in [-0.25, -0.2) is 8.78 Å². The first-order chi connectivity index (χ1) is 40.6. The van der Waals surface area contributed by atoms with E-state index in [1.165, 1.54) is 24.3 Å². The van der Waals surface area contributed by atoms with Crippen molar-refractivity contribution >= 4 is 23.6 Å². The highest BCUT2D eigenvalue weighted by Gasteiger charge is 2.40. The molecule has 1 amide bonds. The fraction of sp³-hybridized carbons (Fsp3) is 0.538.